The predicted octanol–water partition coefficient (Wildman–Crippen LogP) is 5.10. The zero-order chi connectivity index (χ0) is 23.9. The molecule has 10 nitrogen and oxygen atoms in total. The molecule has 2 aromatic rings. The smallest absolute Gasteiger partial charge is 0.302 e. The Hall–Kier alpha value is -2.91. The van der Waals surface area contributed by atoms with E-state index in [9.17, 15) is 9.59 Å². The van der Waals surface area contributed by atoms with Crippen LogP contribution in [0.5, 0.6) is 0 Å². The number of hydrogen-bond donors (Lipinski definition) is 0. The second kappa shape index (κ2) is 11.1. The molecule has 0 aliphatic heterocycles. The van der Waals surface area contributed by atoms with Gasteiger partial charge in [-0.15, -0.1) is 10.2 Å². The van der Waals surface area contributed by atoms with Crippen LogP contribution in [0.4, 0.5) is 20.8 Å². The van der Waals surface area contributed by atoms with Crippen LogP contribution in [0.15, 0.2) is 10.2 Å². The van der Waals surface area contributed by atoms with E-state index < -0.39 is 0 Å². The summed E-state index contributed by atoms with van der Waals surface area (Å²) in [6, 6.07) is 0. The topological polar surface area (TPSA) is 111 Å². The third-order valence-corrected chi connectivity index (χ3v) is 5.88. The highest BCUT2D eigenvalue weighted by Gasteiger charge is 2.26. The fourth-order valence-corrected chi connectivity index (χ4v) is 4.35. The van der Waals surface area contributed by atoms with Gasteiger partial charge in [0.15, 0.2) is 15.1 Å². The zero-order valence-corrected chi connectivity index (χ0v) is 20.6. The molecule has 0 spiro atoms. The summed E-state index contributed by atoms with van der Waals surface area (Å²) >= 11 is 2.46. The second-order valence-electron chi connectivity index (χ2n) is 7.80. The van der Waals surface area contributed by atoms with Gasteiger partial charge in [-0.2, -0.15) is 0 Å². The lowest BCUT2D eigenvalue weighted by molar-refractivity contribution is -0.141. The minimum Gasteiger partial charge on any atom is -0.464 e. The van der Waals surface area contributed by atoms with E-state index in [-0.39, 0.29) is 30.6 Å². The van der Waals surface area contributed by atoms with Crippen molar-refractivity contribution in [2.24, 2.45) is 10.2 Å². The van der Waals surface area contributed by atoms with Gasteiger partial charge in [0.05, 0.1) is 31.0 Å². The SMILES string of the molecule is [C-]#[N+]c1c(C)nsc1N=Nc1sc(N(CCOC(C)=O)CCOC(C)=O)nc1C(C)(C)C. The van der Waals surface area contributed by atoms with E-state index >= 15 is 0 Å². The number of aromatic nitrogens is 2. The van der Waals surface area contributed by atoms with Crippen molar-refractivity contribution in [3.63, 3.8) is 0 Å². The van der Waals surface area contributed by atoms with Crippen LogP contribution in [0.25, 0.3) is 4.85 Å². The molecule has 0 amide bonds. The molecule has 0 saturated heterocycles. The third-order valence-electron chi connectivity index (χ3n) is 4.07. The van der Waals surface area contributed by atoms with E-state index in [0.29, 0.717) is 39.6 Å². The Morgan fingerprint density at radius 1 is 1.09 bits per heavy atom. The monoisotopic (exact) mass is 478 g/mol. The highest BCUT2D eigenvalue weighted by molar-refractivity contribution is 7.19. The van der Waals surface area contributed by atoms with Gasteiger partial charge in [0.2, 0.25) is 5.69 Å². The van der Waals surface area contributed by atoms with Gasteiger partial charge in [-0.3, -0.25) is 9.59 Å². The number of nitrogens with zero attached hydrogens (tertiary/aromatic N) is 6. The van der Waals surface area contributed by atoms with Crippen molar-refractivity contribution in [1.82, 2.24) is 9.36 Å². The zero-order valence-electron chi connectivity index (χ0n) is 19.0. The Labute approximate surface area is 195 Å². The number of azo groups is 1. The second-order valence-corrected chi connectivity index (χ2v) is 9.51. The predicted molar refractivity (Wildman–Crippen MR) is 124 cm³/mol. The number of thiazole rings is 1. The molecule has 0 radical (unpaired) electrons. The van der Waals surface area contributed by atoms with Gasteiger partial charge in [-0.1, -0.05) is 32.1 Å². The molecule has 2 aromatic heterocycles. The quantitative estimate of drug-likeness (QED) is 0.280. The summed E-state index contributed by atoms with van der Waals surface area (Å²) in [4.78, 5) is 32.4. The summed E-state index contributed by atoms with van der Waals surface area (Å²) in [5.74, 6) is -0.742. The number of aryl methyl sites for hydroxylation is 1. The summed E-state index contributed by atoms with van der Waals surface area (Å²) in [5, 5.41) is 10.4. The van der Waals surface area contributed by atoms with E-state index in [4.69, 9.17) is 21.0 Å². The summed E-state index contributed by atoms with van der Waals surface area (Å²) in [7, 11) is 0. The fourth-order valence-electron chi connectivity index (χ4n) is 2.53. The van der Waals surface area contributed by atoms with Crippen LogP contribution in [0.1, 0.15) is 46.0 Å². The van der Waals surface area contributed by atoms with Crippen LogP contribution >= 0.6 is 22.9 Å². The first-order chi connectivity index (χ1) is 15.0. The molecule has 0 aromatic carbocycles. The van der Waals surface area contributed by atoms with Crippen molar-refractivity contribution in [1.29, 1.82) is 0 Å². The van der Waals surface area contributed by atoms with Crippen molar-refractivity contribution < 1.29 is 19.1 Å². The maximum Gasteiger partial charge on any atom is 0.302 e. The summed E-state index contributed by atoms with van der Waals surface area (Å²) in [6.45, 7) is 18.9. The van der Waals surface area contributed by atoms with E-state index in [1.54, 1.807) is 6.92 Å². The Kier molecular flexibility index (Phi) is 8.80. The van der Waals surface area contributed by atoms with Gasteiger partial charge in [0, 0.05) is 19.3 Å². The highest BCUT2D eigenvalue weighted by atomic mass is 32.1. The molecular formula is C20H26N6O4S2. The fraction of sp³-hybridized carbons (Fsp3) is 0.550. The minimum absolute atomic E-state index is 0.172. The average molecular weight is 479 g/mol. The van der Waals surface area contributed by atoms with Crippen LogP contribution in [-0.2, 0) is 24.5 Å². The first-order valence-corrected chi connectivity index (χ1v) is 11.4. The maximum absolute atomic E-state index is 11.2. The summed E-state index contributed by atoms with van der Waals surface area (Å²) < 4.78 is 14.3. The molecule has 172 valence electrons. The largest absolute Gasteiger partial charge is 0.464 e. The van der Waals surface area contributed by atoms with Crippen LogP contribution in [0, 0.1) is 13.5 Å². The van der Waals surface area contributed by atoms with Gasteiger partial charge >= 0.3 is 11.9 Å². The molecule has 0 atom stereocenters. The molecular weight excluding hydrogens is 452 g/mol. The first-order valence-electron chi connectivity index (χ1n) is 9.81. The van der Waals surface area contributed by atoms with Crippen molar-refractivity contribution in [2.75, 3.05) is 31.2 Å². The van der Waals surface area contributed by atoms with Gasteiger partial charge in [-0.25, -0.2) is 14.2 Å². The van der Waals surface area contributed by atoms with Crippen LogP contribution in [-0.4, -0.2) is 47.6 Å². The Morgan fingerprint density at radius 3 is 2.16 bits per heavy atom. The van der Waals surface area contributed by atoms with Crippen molar-refractivity contribution in [3.8, 4) is 0 Å². The number of carbonyl (C=O) groups is 2. The first kappa shape index (κ1) is 25.4. The third kappa shape index (κ3) is 7.06. The molecule has 0 bridgehead atoms. The van der Waals surface area contributed by atoms with E-state index in [1.165, 1.54) is 25.2 Å². The van der Waals surface area contributed by atoms with Crippen molar-refractivity contribution >= 4 is 55.6 Å². The van der Waals surface area contributed by atoms with Gasteiger partial charge in [0.25, 0.3) is 0 Å². The Balaban J connectivity index is 2.36. The number of hydrogen-bond acceptors (Lipinski definition) is 11. The molecule has 0 fully saturated rings. The molecule has 0 unspecified atom stereocenters. The van der Waals surface area contributed by atoms with Crippen LogP contribution in [0.2, 0.25) is 0 Å². The molecule has 0 aliphatic rings. The average Bonchev–Trinajstić information content (AvgIpc) is 3.27. The maximum atomic E-state index is 11.2. The van der Waals surface area contributed by atoms with Crippen molar-refractivity contribution in [3.05, 3.63) is 22.8 Å². The summed E-state index contributed by atoms with van der Waals surface area (Å²) in [5.41, 5.74) is 1.45. The minimum atomic E-state index is -0.371. The van der Waals surface area contributed by atoms with Crippen LogP contribution < -0.4 is 4.90 Å². The number of ether oxygens (including phenoxy) is 2. The molecule has 2 rings (SSSR count). The molecule has 32 heavy (non-hydrogen) atoms. The molecule has 0 aliphatic carbocycles. The number of carbonyl (C=O) groups excluding carboxylic acids is 2. The molecule has 0 N–H and O–H groups in total. The number of anilines is 1. The lowest BCUT2D eigenvalue weighted by Gasteiger charge is -2.21. The number of rotatable bonds is 9. The van der Waals surface area contributed by atoms with Crippen molar-refractivity contribution in [2.45, 2.75) is 47.0 Å². The van der Waals surface area contributed by atoms with Gasteiger partial charge in [0.1, 0.15) is 13.2 Å². The van der Waals surface area contributed by atoms with Crippen LogP contribution in [0.3, 0.4) is 0 Å². The molecule has 2 heterocycles. The lowest BCUT2D eigenvalue weighted by Crippen LogP contribution is -2.32. The normalized spacial score (nSPS) is 11.4. The van der Waals surface area contributed by atoms with E-state index in [1.807, 2.05) is 25.7 Å². The Morgan fingerprint density at radius 2 is 1.66 bits per heavy atom. The van der Waals surface area contributed by atoms with E-state index in [0.717, 1.165) is 17.2 Å². The standard InChI is InChI=1S/C20H26N6O4S2/c1-12-15(21-7)17(32-25-12)23-24-18-16(20(4,5)6)22-19(31-18)26(8-10-29-13(2)27)9-11-30-14(3)28/h8-11H2,1-6H3. The number of esters is 2. The highest BCUT2D eigenvalue weighted by Crippen LogP contribution is 2.42. The van der Waals surface area contributed by atoms with E-state index in [2.05, 4.69) is 19.4 Å². The van der Waals surface area contributed by atoms with Gasteiger partial charge < -0.3 is 14.4 Å². The van der Waals surface area contributed by atoms with Gasteiger partial charge in [-0.05, 0) is 18.5 Å². The molecule has 12 heteroatoms. The molecule has 0 saturated carbocycles. The Bertz CT molecular complexity index is 1010. The summed E-state index contributed by atoms with van der Waals surface area (Å²) in [6.07, 6.45) is 0. The lowest BCUT2D eigenvalue weighted by atomic mass is 9.93.